The zero-order chi connectivity index (χ0) is 8.20. The Labute approximate surface area is 56.8 Å². The van der Waals surface area contributed by atoms with Gasteiger partial charge >= 0.3 is 13.3 Å². The first kappa shape index (κ1) is 9.77. The van der Waals surface area contributed by atoms with Gasteiger partial charge < -0.3 is 10.0 Å². The minimum Gasteiger partial charge on any atom is -0.427 e. The topological polar surface area (TPSA) is 40.5 Å². The lowest BCUT2D eigenvalue weighted by Crippen LogP contribution is -2.13. The molecule has 0 fully saturated rings. The van der Waals surface area contributed by atoms with E-state index in [2.05, 4.69) is 0 Å². The maximum absolute atomic E-state index is 11.3. The Morgan fingerprint density at radius 3 is 2.00 bits per heavy atom. The summed E-state index contributed by atoms with van der Waals surface area (Å²) in [5.41, 5.74) is 0. The molecule has 0 aromatic heterocycles. The van der Waals surface area contributed by atoms with Gasteiger partial charge in [-0.05, 0) is 12.7 Å². The summed E-state index contributed by atoms with van der Waals surface area (Å²) in [4.78, 5) is 0. The molecule has 0 aliphatic carbocycles. The second-order valence-corrected chi connectivity index (χ2v) is 1.99. The van der Waals surface area contributed by atoms with Crippen LogP contribution in [0.15, 0.2) is 0 Å². The summed E-state index contributed by atoms with van der Waals surface area (Å²) in [5, 5.41) is 16.3. The highest BCUT2D eigenvalue weighted by molar-refractivity contribution is 6.40. The zero-order valence-electron chi connectivity index (χ0n) is 5.23. The lowest BCUT2D eigenvalue weighted by Gasteiger charge is -2.04. The molecule has 0 spiro atoms. The highest BCUT2D eigenvalue weighted by atomic mass is 19.4. The van der Waals surface area contributed by atoms with Gasteiger partial charge in [0, 0.05) is 6.42 Å². The van der Waals surface area contributed by atoms with Crippen molar-refractivity contribution in [1.82, 2.24) is 0 Å². The van der Waals surface area contributed by atoms with Gasteiger partial charge in [0.15, 0.2) is 0 Å². The third-order valence-electron chi connectivity index (χ3n) is 0.923. The average molecular weight is 156 g/mol. The molecule has 0 aromatic carbocycles. The molecule has 2 N–H and O–H groups in total. The number of alkyl halides is 3. The first-order valence-electron chi connectivity index (χ1n) is 2.85. The summed E-state index contributed by atoms with van der Waals surface area (Å²) in [7, 11) is -1.62. The highest BCUT2D eigenvalue weighted by Crippen LogP contribution is 2.22. The van der Waals surface area contributed by atoms with Crippen LogP contribution in [-0.2, 0) is 0 Å². The highest BCUT2D eigenvalue weighted by Gasteiger charge is 2.26. The minimum absolute atomic E-state index is 0.223. The van der Waals surface area contributed by atoms with E-state index in [1.807, 2.05) is 0 Å². The second kappa shape index (κ2) is 3.83. The summed E-state index contributed by atoms with van der Waals surface area (Å²) in [6, 6.07) is 0. The molecule has 0 unspecified atom stereocenters. The monoisotopic (exact) mass is 156 g/mol. The van der Waals surface area contributed by atoms with E-state index < -0.39 is 19.7 Å². The Kier molecular flexibility index (Phi) is 3.74. The van der Waals surface area contributed by atoms with Crippen molar-refractivity contribution in [2.45, 2.75) is 25.3 Å². The van der Waals surface area contributed by atoms with Crippen molar-refractivity contribution >= 4 is 7.12 Å². The largest absolute Gasteiger partial charge is 0.451 e. The van der Waals surface area contributed by atoms with Gasteiger partial charge in [-0.15, -0.1) is 0 Å². The Morgan fingerprint density at radius 2 is 1.70 bits per heavy atom. The van der Waals surface area contributed by atoms with Gasteiger partial charge in [0.2, 0.25) is 0 Å². The molecule has 10 heavy (non-hydrogen) atoms. The molecule has 0 bridgehead atoms. The van der Waals surface area contributed by atoms with E-state index in [0.717, 1.165) is 0 Å². The molecule has 0 saturated carbocycles. The van der Waals surface area contributed by atoms with Crippen LogP contribution < -0.4 is 0 Å². The van der Waals surface area contributed by atoms with E-state index in [1.165, 1.54) is 0 Å². The Hall–Kier alpha value is -0.225. The van der Waals surface area contributed by atoms with Crippen LogP contribution in [0.1, 0.15) is 12.8 Å². The third-order valence-corrected chi connectivity index (χ3v) is 0.923. The summed E-state index contributed by atoms with van der Waals surface area (Å²) >= 11 is 0. The molecule has 0 aromatic rings. The van der Waals surface area contributed by atoms with E-state index in [-0.39, 0.29) is 12.7 Å². The Bertz CT molecular complexity index is 93.0. The Balaban J connectivity index is 3.21. The smallest absolute Gasteiger partial charge is 0.427 e. The van der Waals surface area contributed by atoms with E-state index in [4.69, 9.17) is 10.0 Å². The van der Waals surface area contributed by atoms with Gasteiger partial charge in [-0.2, -0.15) is 13.2 Å². The molecule has 2 nitrogen and oxygen atoms in total. The minimum atomic E-state index is -4.19. The second-order valence-electron chi connectivity index (χ2n) is 1.99. The van der Waals surface area contributed by atoms with Crippen LogP contribution in [0, 0.1) is 0 Å². The molecule has 0 atom stereocenters. The standard InChI is InChI=1S/C4H8BF3O2/c6-4(7,8)2-1-3-5(9)10/h9-10H,1-3H2. The summed E-state index contributed by atoms with van der Waals surface area (Å²) in [6.45, 7) is 0. The van der Waals surface area contributed by atoms with E-state index in [0.29, 0.717) is 0 Å². The maximum atomic E-state index is 11.3. The predicted octanol–water partition coefficient (Wildman–Crippen LogP) is 0.802. The van der Waals surface area contributed by atoms with Crippen molar-refractivity contribution in [3.8, 4) is 0 Å². The van der Waals surface area contributed by atoms with Gasteiger partial charge in [-0.25, -0.2) is 0 Å². The van der Waals surface area contributed by atoms with E-state index >= 15 is 0 Å². The molecule has 0 saturated heterocycles. The van der Waals surface area contributed by atoms with Crippen molar-refractivity contribution in [1.29, 1.82) is 0 Å². The molecular formula is C4H8BF3O2. The molecule has 0 rings (SSSR count). The normalized spacial score (nSPS) is 11.7. The van der Waals surface area contributed by atoms with Crippen molar-refractivity contribution in [2.24, 2.45) is 0 Å². The first-order chi connectivity index (χ1) is 4.42. The van der Waals surface area contributed by atoms with Crippen LogP contribution in [0.4, 0.5) is 13.2 Å². The summed E-state index contributed by atoms with van der Waals surface area (Å²) in [5.74, 6) is 0. The zero-order valence-corrected chi connectivity index (χ0v) is 5.23. The molecule has 0 heterocycles. The number of rotatable bonds is 3. The van der Waals surface area contributed by atoms with Gasteiger partial charge in [0.25, 0.3) is 0 Å². The van der Waals surface area contributed by atoms with Crippen molar-refractivity contribution < 1.29 is 23.2 Å². The quantitative estimate of drug-likeness (QED) is 0.593. The fourth-order valence-electron chi connectivity index (χ4n) is 0.485. The number of halogens is 3. The van der Waals surface area contributed by atoms with Crippen molar-refractivity contribution in [2.75, 3.05) is 0 Å². The fourth-order valence-corrected chi connectivity index (χ4v) is 0.485. The molecule has 0 aliphatic rings. The van der Waals surface area contributed by atoms with Gasteiger partial charge in [-0.1, -0.05) is 0 Å². The van der Waals surface area contributed by atoms with Gasteiger partial charge in [0.05, 0.1) is 0 Å². The van der Waals surface area contributed by atoms with Crippen molar-refractivity contribution in [3.63, 3.8) is 0 Å². The first-order valence-corrected chi connectivity index (χ1v) is 2.85. The van der Waals surface area contributed by atoms with Crippen LogP contribution in [0.5, 0.6) is 0 Å². The van der Waals surface area contributed by atoms with Gasteiger partial charge in [-0.3, -0.25) is 0 Å². The molecular weight excluding hydrogens is 148 g/mol. The number of hydrogen-bond donors (Lipinski definition) is 2. The summed E-state index contributed by atoms with van der Waals surface area (Å²) < 4.78 is 34.0. The third kappa shape index (κ3) is 7.77. The van der Waals surface area contributed by atoms with Gasteiger partial charge in [0.1, 0.15) is 0 Å². The van der Waals surface area contributed by atoms with E-state index in [9.17, 15) is 13.2 Å². The fraction of sp³-hybridized carbons (Fsp3) is 1.00. The van der Waals surface area contributed by atoms with E-state index in [1.54, 1.807) is 0 Å². The Morgan fingerprint density at radius 1 is 1.20 bits per heavy atom. The number of hydrogen-bond acceptors (Lipinski definition) is 2. The maximum Gasteiger partial charge on any atom is 0.451 e. The van der Waals surface area contributed by atoms with Crippen LogP contribution in [0.25, 0.3) is 0 Å². The molecule has 60 valence electrons. The van der Waals surface area contributed by atoms with Crippen molar-refractivity contribution in [3.05, 3.63) is 0 Å². The molecule has 6 heteroatoms. The SMILES string of the molecule is OB(O)CCCC(F)(F)F. The lowest BCUT2D eigenvalue weighted by atomic mass is 9.84. The predicted molar refractivity (Wildman–Crippen MR) is 30.3 cm³/mol. The van der Waals surface area contributed by atoms with Crippen LogP contribution in [0.3, 0.4) is 0 Å². The van der Waals surface area contributed by atoms with Crippen LogP contribution in [0.2, 0.25) is 6.32 Å². The molecule has 0 amide bonds. The average Bonchev–Trinajstić information content (AvgIpc) is 1.59. The summed E-state index contributed by atoms with van der Waals surface area (Å²) in [6.07, 6.45) is -5.60. The van der Waals surface area contributed by atoms with Crippen LogP contribution in [-0.4, -0.2) is 23.3 Å². The van der Waals surface area contributed by atoms with Crippen LogP contribution >= 0.6 is 0 Å². The molecule has 0 aliphatic heterocycles. The lowest BCUT2D eigenvalue weighted by molar-refractivity contribution is -0.134. The molecule has 0 radical (unpaired) electrons.